The van der Waals surface area contributed by atoms with Crippen molar-refractivity contribution < 1.29 is 4.92 Å². The van der Waals surface area contributed by atoms with Gasteiger partial charge in [-0.25, -0.2) is 0 Å². The lowest BCUT2D eigenvalue weighted by Gasteiger charge is -2.18. The van der Waals surface area contributed by atoms with Crippen LogP contribution in [0, 0.1) is 10.1 Å². The van der Waals surface area contributed by atoms with Crippen molar-refractivity contribution in [2.45, 2.75) is 32.7 Å². The van der Waals surface area contributed by atoms with Gasteiger partial charge < -0.3 is 10.6 Å². The Balaban J connectivity index is 2.78. The molecule has 0 amide bonds. The van der Waals surface area contributed by atoms with Crippen molar-refractivity contribution in [3.8, 4) is 0 Å². The maximum atomic E-state index is 10.7. The van der Waals surface area contributed by atoms with E-state index >= 15 is 0 Å². The minimum atomic E-state index is -0.473. The fourth-order valence-corrected chi connectivity index (χ4v) is 2.00. The maximum absolute atomic E-state index is 10.7. The molecule has 7 heteroatoms. The summed E-state index contributed by atoms with van der Waals surface area (Å²) in [4.78, 5) is 10.2. The molecular formula is C12H16ClN3O2S. The number of hydrogen-bond acceptors (Lipinski definition) is 3. The Labute approximate surface area is 122 Å². The van der Waals surface area contributed by atoms with Gasteiger partial charge in [-0.15, -0.1) is 0 Å². The summed E-state index contributed by atoms with van der Waals surface area (Å²) in [5.74, 6) is 0. The van der Waals surface area contributed by atoms with Crippen LogP contribution in [0.1, 0.15) is 26.7 Å². The highest BCUT2D eigenvalue weighted by Crippen LogP contribution is 2.26. The summed E-state index contributed by atoms with van der Waals surface area (Å²) in [6.45, 7) is 4.12. The van der Waals surface area contributed by atoms with Crippen LogP contribution in [0.25, 0.3) is 0 Å². The molecule has 104 valence electrons. The second kappa shape index (κ2) is 7.25. The Morgan fingerprint density at radius 1 is 1.47 bits per heavy atom. The molecule has 0 aromatic heterocycles. The highest BCUT2D eigenvalue weighted by molar-refractivity contribution is 7.80. The Kier molecular flexibility index (Phi) is 5.98. The molecule has 0 radical (unpaired) electrons. The van der Waals surface area contributed by atoms with Gasteiger partial charge in [0.1, 0.15) is 0 Å². The molecule has 0 bridgehead atoms. The molecule has 0 aliphatic rings. The van der Waals surface area contributed by atoms with Crippen molar-refractivity contribution >= 4 is 40.3 Å². The third kappa shape index (κ3) is 4.65. The molecule has 1 aromatic carbocycles. The smallest absolute Gasteiger partial charge is 0.271 e. The van der Waals surface area contributed by atoms with Crippen molar-refractivity contribution in [1.82, 2.24) is 5.32 Å². The Bertz CT molecular complexity index is 478. The molecule has 0 atom stereocenters. The van der Waals surface area contributed by atoms with Crippen molar-refractivity contribution in [1.29, 1.82) is 0 Å². The summed E-state index contributed by atoms with van der Waals surface area (Å²) in [5, 5.41) is 17.5. The summed E-state index contributed by atoms with van der Waals surface area (Å²) in [5.41, 5.74) is 0.400. The predicted octanol–water partition coefficient (Wildman–Crippen LogP) is 3.72. The monoisotopic (exact) mass is 301 g/mol. The molecular weight excluding hydrogens is 286 g/mol. The van der Waals surface area contributed by atoms with E-state index < -0.39 is 4.92 Å². The Morgan fingerprint density at radius 3 is 2.63 bits per heavy atom. The zero-order valence-electron chi connectivity index (χ0n) is 10.8. The van der Waals surface area contributed by atoms with E-state index in [1.807, 2.05) is 0 Å². The van der Waals surface area contributed by atoms with Crippen LogP contribution >= 0.6 is 23.8 Å². The topological polar surface area (TPSA) is 67.2 Å². The molecule has 0 saturated heterocycles. The molecule has 1 rings (SSSR count). The van der Waals surface area contributed by atoms with Crippen LogP contribution in [-0.4, -0.2) is 16.1 Å². The number of non-ortho nitro benzene ring substituents is 1. The number of nitrogens with zero attached hydrogens (tertiary/aromatic N) is 1. The van der Waals surface area contributed by atoms with E-state index in [4.69, 9.17) is 23.8 Å². The number of hydrogen-bond donors (Lipinski definition) is 2. The minimum absolute atomic E-state index is 0.0303. The second-order valence-corrected chi connectivity index (χ2v) is 4.85. The number of anilines is 1. The lowest BCUT2D eigenvalue weighted by Crippen LogP contribution is -2.37. The van der Waals surface area contributed by atoms with Gasteiger partial charge in [-0.3, -0.25) is 10.1 Å². The molecule has 0 spiro atoms. The van der Waals surface area contributed by atoms with Gasteiger partial charge in [0.15, 0.2) is 5.11 Å². The molecule has 0 saturated carbocycles. The minimum Gasteiger partial charge on any atom is -0.360 e. The summed E-state index contributed by atoms with van der Waals surface area (Å²) >= 11 is 11.1. The van der Waals surface area contributed by atoms with E-state index in [1.54, 1.807) is 0 Å². The maximum Gasteiger partial charge on any atom is 0.271 e. The van der Waals surface area contributed by atoms with E-state index in [2.05, 4.69) is 24.5 Å². The van der Waals surface area contributed by atoms with Gasteiger partial charge in [-0.2, -0.15) is 0 Å². The van der Waals surface area contributed by atoms with Crippen molar-refractivity contribution in [3.63, 3.8) is 0 Å². The molecule has 2 N–H and O–H groups in total. The van der Waals surface area contributed by atoms with Gasteiger partial charge in [0.2, 0.25) is 0 Å². The van der Waals surface area contributed by atoms with E-state index in [-0.39, 0.29) is 11.7 Å². The molecule has 0 fully saturated rings. The number of rotatable bonds is 5. The zero-order valence-corrected chi connectivity index (χ0v) is 12.3. The zero-order chi connectivity index (χ0) is 14.4. The third-order valence-electron chi connectivity index (χ3n) is 2.73. The van der Waals surface area contributed by atoms with Crippen LogP contribution in [-0.2, 0) is 0 Å². The number of halogens is 1. The Morgan fingerprint density at radius 2 is 2.11 bits per heavy atom. The van der Waals surface area contributed by atoms with Crippen LogP contribution in [0.4, 0.5) is 11.4 Å². The van der Waals surface area contributed by atoms with Crippen LogP contribution in [0.15, 0.2) is 18.2 Å². The van der Waals surface area contributed by atoms with Crippen LogP contribution in [0.5, 0.6) is 0 Å². The first kappa shape index (κ1) is 15.7. The Hall–Kier alpha value is -1.40. The second-order valence-electron chi connectivity index (χ2n) is 4.03. The van der Waals surface area contributed by atoms with Gasteiger partial charge in [-0.05, 0) is 31.1 Å². The number of nitro benzene ring substituents is 1. The number of thiocarbonyl (C=S) groups is 1. The summed E-state index contributed by atoms with van der Waals surface area (Å²) in [6.07, 6.45) is 1.89. The fourth-order valence-electron chi connectivity index (χ4n) is 1.56. The van der Waals surface area contributed by atoms with E-state index in [1.165, 1.54) is 18.2 Å². The highest BCUT2D eigenvalue weighted by atomic mass is 35.5. The molecule has 0 aliphatic heterocycles. The first-order valence-corrected chi connectivity index (χ1v) is 6.78. The molecule has 0 heterocycles. The highest BCUT2D eigenvalue weighted by Gasteiger charge is 2.11. The third-order valence-corrected chi connectivity index (χ3v) is 3.28. The first-order chi connectivity index (χ1) is 8.97. The normalized spacial score (nSPS) is 10.3. The van der Waals surface area contributed by atoms with Gasteiger partial charge >= 0.3 is 0 Å². The standard InChI is InChI=1S/C12H16ClN3O2S/c1-3-8(4-2)14-12(19)15-11-7-9(16(17)18)5-6-10(11)13/h5-8H,3-4H2,1-2H3,(H2,14,15,19). The molecule has 19 heavy (non-hydrogen) atoms. The van der Waals surface area contributed by atoms with Crippen molar-refractivity contribution in [2.24, 2.45) is 0 Å². The SMILES string of the molecule is CCC(CC)NC(=S)Nc1cc([N+](=O)[O-])ccc1Cl. The summed E-state index contributed by atoms with van der Waals surface area (Å²) in [6, 6.07) is 4.47. The average Bonchev–Trinajstić information content (AvgIpc) is 2.38. The molecule has 5 nitrogen and oxygen atoms in total. The van der Waals surface area contributed by atoms with Gasteiger partial charge in [0, 0.05) is 18.2 Å². The predicted molar refractivity (Wildman–Crippen MR) is 81.8 cm³/mol. The van der Waals surface area contributed by atoms with Crippen LogP contribution < -0.4 is 10.6 Å². The quantitative estimate of drug-likeness (QED) is 0.493. The number of nitrogens with one attached hydrogen (secondary N) is 2. The lowest BCUT2D eigenvalue weighted by molar-refractivity contribution is -0.384. The largest absolute Gasteiger partial charge is 0.360 e. The van der Waals surface area contributed by atoms with E-state index in [0.29, 0.717) is 15.8 Å². The van der Waals surface area contributed by atoms with E-state index in [0.717, 1.165) is 12.8 Å². The average molecular weight is 302 g/mol. The van der Waals surface area contributed by atoms with Crippen molar-refractivity contribution in [2.75, 3.05) is 5.32 Å². The van der Waals surface area contributed by atoms with Gasteiger partial charge in [0.05, 0.1) is 15.6 Å². The number of benzene rings is 1. The summed E-state index contributed by atoms with van der Waals surface area (Å²) < 4.78 is 0. The van der Waals surface area contributed by atoms with E-state index in [9.17, 15) is 10.1 Å². The first-order valence-electron chi connectivity index (χ1n) is 5.99. The molecule has 1 aromatic rings. The van der Waals surface area contributed by atoms with Gasteiger partial charge in [0.25, 0.3) is 5.69 Å². The van der Waals surface area contributed by atoms with Crippen molar-refractivity contribution in [3.05, 3.63) is 33.3 Å². The number of nitro groups is 1. The lowest BCUT2D eigenvalue weighted by atomic mass is 10.2. The fraction of sp³-hybridized carbons (Fsp3) is 0.417. The molecule has 0 unspecified atom stereocenters. The summed E-state index contributed by atoms with van der Waals surface area (Å²) in [7, 11) is 0. The van der Waals surface area contributed by atoms with Gasteiger partial charge in [-0.1, -0.05) is 25.4 Å². The van der Waals surface area contributed by atoms with Crippen LogP contribution in [0.2, 0.25) is 5.02 Å². The van der Waals surface area contributed by atoms with Crippen LogP contribution in [0.3, 0.4) is 0 Å². The molecule has 0 aliphatic carbocycles.